The molecule has 0 atom stereocenters. The molecule has 0 spiro atoms. The van der Waals surface area contributed by atoms with E-state index in [1.807, 2.05) is 42.5 Å². The Bertz CT molecular complexity index is 1130. The van der Waals surface area contributed by atoms with Crippen molar-refractivity contribution >= 4 is 11.7 Å². The second kappa shape index (κ2) is 9.00. The summed E-state index contributed by atoms with van der Waals surface area (Å²) in [5, 5.41) is 2.80. The maximum atomic E-state index is 12.6. The largest absolute Gasteiger partial charge is 0.485 e. The molecule has 0 saturated heterocycles. The summed E-state index contributed by atoms with van der Waals surface area (Å²) >= 11 is 0. The fourth-order valence-corrected chi connectivity index (χ4v) is 2.87. The van der Waals surface area contributed by atoms with Gasteiger partial charge in [-0.1, -0.05) is 18.2 Å². The lowest BCUT2D eigenvalue weighted by atomic mass is 10.2. The molecule has 150 valence electrons. The summed E-state index contributed by atoms with van der Waals surface area (Å²) in [6, 6.07) is 16.8. The second-order valence-electron chi connectivity index (χ2n) is 6.61. The van der Waals surface area contributed by atoms with Gasteiger partial charge in [-0.2, -0.15) is 0 Å². The highest BCUT2D eigenvalue weighted by Crippen LogP contribution is 2.24. The van der Waals surface area contributed by atoms with E-state index in [0.29, 0.717) is 35.5 Å². The third-order valence-electron chi connectivity index (χ3n) is 4.41. The summed E-state index contributed by atoms with van der Waals surface area (Å²) in [6.45, 7) is 2.14. The SMILES string of the molecule is Cc1oc(-c2ccccc2)nc1CC(=O)Nc1ncccc1OCc1ccncc1. The number of nitrogens with zero attached hydrogens (tertiary/aromatic N) is 3. The van der Waals surface area contributed by atoms with Gasteiger partial charge < -0.3 is 14.5 Å². The Kier molecular flexibility index (Phi) is 5.80. The highest BCUT2D eigenvalue weighted by atomic mass is 16.5. The molecule has 0 aliphatic carbocycles. The van der Waals surface area contributed by atoms with E-state index in [0.717, 1.165) is 11.1 Å². The fourth-order valence-electron chi connectivity index (χ4n) is 2.87. The Morgan fingerprint density at radius 2 is 1.83 bits per heavy atom. The Morgan fingerprint density at radius 1 is 1.03 bits per heavy atom. The number of amides is 1. The first-order valence-corrected chi connectivity index (χ1v) is 9.47. The van der Waals surface area contributed by atoms with Crippen molar-refractivity contribution in [3.8, 4) is 17.2 Å². The monoisotopic (exact) mass is 400 g/mol. The van der Waals surface area contributed by atoms with Crippen molar-refractivity contribution in [3.05, 3.63) is 90.2 Å². The highest BCUT2D eigenvalue weighted by Gasteiger charge is 2.16. The van der Waals surface area contributed by atoms with Crippen LogP contribution in [0, 0.1) is 6.92 Å². The molecule has 4 rings (SSSR count). The first kappa shape index (κ1) is 19.3. The number of oxazole rings is 1. The number of benzene rings is 1. The number of pyridine rings is 2. The summed E-state index contributed by atoms with van der Waals surface area (Å²) < 4.78 is 11.5. The molecule has 30 heavy (non-hydrogen) atoms. The smallest absolute Gasteiger partial charge is 0.231 e. The summed E-state index contributed by atoms with van der Waals surface area (Å²) in [7, 11) is 0. The van der Waals surface area contributed by atoms with Crippen LogP contribution < -0.4 is 10.1 Å². The highest BCUT2D eigenvalue weighted by molar-refractivity contribution is 5.92. The van der Waals surface area contributed by atoms with Crippen molar-refractivity contribution in [2.45, 2.75) is 20.0 Å². The van der Waals surface area contributed by atoms with Crippen LogP contribution in [-0.4, -0.2) is 20.9 Å². The maximum Gasteiger partial charge on any atom is 0.231 e. The molecule has 3 heterocycles. The molecule has 0 radical (unpaired) electrons. The molecule has 7 nitrogen and oxygen atoms in total. The van der Waals surface area contributed by atoms with E-state index >= 15 is 0 Å². The van der Waals surface area contributed by atoms with Gasteiger partial charge in [0.25, 0.3) is 0 Å². The number of carbonyl (C=O) groups is 1. The molecule has 4 aromatic rings. The predicted molar refractivity (Wildman–Crippen MR) is 112 cm³/mol. The third-order valence-corrected chi connectivity index (χ3v) is 4.41. The zero-order chi connectivity index (χ0) is 20.8. The number of hydrogen-bond donors (Lipinski definition) is 1. The fraction of sp³-hybridized carbons (Fsp3) is 0.130. The van der Waals surface area contributed by atoms with Gasteiger partial charge in [-0.3, -0.25) is 9.78 Å². The predicted octanol–water partition coefficient (Wildman–Crippen LogP) is 4.20. The van der Waals surface area contributed by atoms with E-state index in [1.165, 1.54) is 0 Å². The van der Waals surface area contributed by atoms with Gasteiger partial charge in [-0.15, -0.1) is 0 Å². The van der Waals surface area contributed by atoms with E-state index in [4.69, 9.17) is 9.15 Å². The molecule has 3 aromatic heterocycles. The van der Waals surface area contributed by atoms with Crippen molar-refractivity contribution in [2.75, 3.05) is 5.32 Å². The van der Waals surface area contributed by atoms with E-state index in [-0.39, 0.29) is 12.3 Å². The number of anilines is 1. The number of rotatable bonds is 7. The van der Waals surface area contributed by atoms with Crippen LogP contribution in [0.25, 0.3) is 11.5 Å². The number of nitrogens with one attached hydrogen (secondary N) is 1. The van der Waals surface area contributed by atoms with Crippen molar-refractivity contribution in [3.63, 3.8) is 0 Å². The number of ether oxygens (including phenoxy) is 1. The van der Waals surface area contributed by atoms with E-state index in [9.17, 15) is 4.79 Å². The van der Waals surface area contributed by atoms with Gasteiger partial charge in [0.2, 0.25) is 11.8 Å². The van der Waals surface area contributed by atoms with Crippen LogP contribution in [0.5, 0.6) is 5.75 Å². The minimum atomic E-state index is -0.251. The number of aromatic nitrogens is 3. The summed E-state index contributed by atoms with van der Waals surface area (Å²) in [5.74, 6) is 1.71. The molecule has 0 unspecified atom stereocenters. The van der Waals surface area contributed by atoms with Gasteiger partial charge in [-0.05, 0) is 48.9 Å². The van der Waals surface area contributed by atoms with Gasteiger partial charge in [0.1, 0.15) is 12.4 Å². The quantitative estimate of drug-likeness (QED) is 0.500. The summed E-state index contributed by atoms with van der Waals surface area (Å²) in [6.07, 6.45) is 5.08. The molecule has 0 saturated carbocycles. The molecule has 1 amide bonds. The zero-order valence-corrected chi connectivity index (χ0v) is 16.4. The van der Waals surface area contributed by atoms with Crippen LogP contribution in [0.3, 0.4) is 0 Å². The van der Waals surface area contributed by atoms with Crippen molar-refractivity contribution in [1.82, 2.24) is 15.0 Å². The normalized spacial score (nSPS) is 10.6. The number of aryl methyl sites for hydroxylation is 1. The molecule has 0 aliphatic heterocycles. The van der Waals surface area contributed by atoms with Crippen LogP contribution in [-0.2, 0) is 17.8 Å². The van der Waals surface area contributed by atoms with Crippen LogP contribution in [0.2, 0.25) is 0 Å². The zero-order valence-electron chi connectivity index (χ0n) is 16.4. The minimum absolute atomic E-state index is 0.0720. The van der Waals surface area contributed by atoms with Gasteiger partial charge in [-0.25, -0.2) is 9.97 Å². The first-order valence-electron chi connectivity index (χ1n) is 9.47. The minimum Gasteiger partial charge on any atom is -0.485 e. The van der Waals surface area contributed by atoms with Crippen molar-refractivity contribution < 1.29 is 13.9 Å². The van der Waals surface area contributed by atoms with Crippen LogP contribution in [0.4, 0.5) is 5.82 Å². The molecule has 1 aromatic carbocycles. The standard InChI is InChI=1S/C23H20N4O3/c1-16-19(26-23(30-16)18-6-3-2-4-7-18)14-21(28)27-22-20(8-5-11-25-22)29-15-17-9-12-24-13-10-17/h2-13H,14-15H2,1H3,(H,25,27,28). The Hall–Kier alpha value is -4.00. The lowest BCUT2D eigenvalue weighted by Crippen LogP contribution is -2.17. The molecule has 0 fully saturated rings. The summed E-state index contributed by atoms with van der Waals surface area (Å²) in [5.41, 5.74) is 2.42. The van der Waals surface area contributed by atoms with E-state index in [2.05, 4.69) is 20.3 Å². The van der Waals surface area contributed by atoms with Crippen LogP contribution >= 0.6 is 0 Å². The van der Waals surface area contributed by atoms with Crippen molar-refractivity contribution in [2.24, 2.45) is 0 Å². The summed E-state index contributed by atoms with van der Waals surface area (Å²) in [4.78, 5) is 25.3. The first-order chi connectivity index (χ1) is 14.7. The topological polar surface area (TPSA) is 90.1 Å². The van der Waals surface area contributed by atoms with Gasteiger partial charge >= 0.3 is 0 Å². The van der Waals surface area contributed by atoms with E-state index < -0.39 is 0 Å². The molecular formula is C23H20N4O3. The van der Waals surface area contributed by atoms with Crippen LogP contribution in [0.15, 0.2) is 77.6 Å². The molecule has 7 heteroatoms. The lowest BCUT2D eigenvalue weighted by molar-refractivity contribution is -0.115. The Labute approximate surface area is 173 Å². The third kappa shape index (κ3) is 4.70. The Morgan fingerprint density at radius 3 is 2.63 bits per heavy atom. The van der Waals surface area contributed by atoms with Crippen LogP contribution in [0.1, 0.15) is 17.0 Å². The van der Waals surface area contributed by atoms with E-state index in [1.54, 1.807) is 37.6 Å². The lowest BCUT2D eigenvalue weighted by Gasteiger charge is -2.11. The molecule has 1 N–H and O–H groups in total. The maximum absolute atomic E-state index is 12.6. The average molecular weight is 400 g/mol. The number of hydrogen-bond acceptors (Lipinski definition) is 6. The van der Waals surface area contributed by atoms with Gasteiger partial charge in [0, 0.05) is 24.2 Å². The number of carbonyl (C=O) groups excluding carboxylic acids is 1. The molecule has 0 bridgehead atoms. The van der Waals surface area contributed by atoms with Gasteiger partial charge in [0.15, 0.2) is 11.6 Å². The molecular weight excluding hydrogens is 380 g/mol. The Balaban J connectivity index is 1.43. The molecule has 0 aliphatic rings. The average Bonchev–Trinajstić information content (AvgIpc) is 3.14. The second-order valence-corrected chi connectivity index (χ2v) is 6.61. The van der Waals surface area contributed by atoms with Crippen molar-refractivity contribution in [1.29, 1.82) is 0 Å². The van der Waals surface area contributed by atoms with Gasteiger partial charge in [0.05, 0.1) is 12.1 Å².